The van der Waals surface area contributed by atoms with Crippen LogP contribution in [0.4, 0.5) is 0 Å². The van der Waals surface area contributed by atoms with Crippen LogP contribution in [0.2, 0.25) is 0 Å². The highest BCUT2D eigenvalue weighted by Crippen LogP contribution is 2.22. The number of carbonyl (C=O) groups is 1. The van der Waals surface area contributed by atoms with Gasteiger partial charge >= 0.3 is 0 Å². The average molecular weight is 228 g/mol. The van der Waals surface area contributed by atoms with Crippen LogP contribution in [0.25, 0.3) is 0 Å². The van der Waals surface area contributed by atoms with Crippen LogP contribution in [-0.2, 0) is 0 Å². The highest BCUT2D eigenvalue weighted by Gasteiger charge is 2.07. The van der Waals surface area contributed by atoms with Gasteiger partial charge in [0.1, 0.15) is 0 Å². The van der Waals surface area contributed by atoms with Gasteiger partial charge in [0, 0.05) is 10.5 Å². The second-order valence-corrected chi connectivity index (χ2v) is 4.62. The SMILES string of the molecule is Cc1cccc(C(=O)Sc2ccccc2)c1. The molecule has 0 amide bonds. The lowest BCUT2D eigenvalue weighted by molar-refractivity contribution is 0.108. The van der Waals surface area contributed by atoms with E-state index in [9.17, 15) is 4.79 Å². The van der Waals surface area contributed by atoms with E-state index < -0.39 is 0 Å². The molecule has 0 aliphatic carbocycles. The van der Waals surface area contributed by atoms with Crippen molar-refractivity contribution in [3.05, 3.63) is 65.7 Å². The minimum absolute atomic E-state index is 0.0925. The first-order chi connectivity index (χ1) is 7.75. The lowest BCUT2D eigenvalue weighted by Crippen LogP contribution is -1.93. The van der Waals surface area contributed by atoms with Gasteiger partial charge < -0.3 is 0 Å². The highest BCUT2D eigenvalue weighted by atomic mass is 32.2. The molecule has 0 unspecified atom stereocenters. The summed E-state index contributed by atoms with van der Waals surface area (Å²) < 4.78 is 0. The summed E-state index contributed by atoms with van der Waals surface area (Å²) in [4.78, 5) is 12.9. The molecule has 0 radical (unpaired) electrons. The van der Waals surface area contributed by atoms with Crippen LogP contribution in [0, 0.1) is 6.92 Å². The fraction of sp³-hybridized carbons (Fsp3) is 0.0714. The first-order valence-electron chi connectivity index (χ1n) is 5.09. The van der Waals surface area contributed by atoms with Gasteiger partial charge in [0.05, 0.1) is 0 Å². The molecule has 0 saturated heterocycles. The molecule has 2 rings (SSSR count). The van der Waals surface area contributed by atoms with Crippen LogP contribution in [0.3, 0.4) is 0 Å². The molecule has 80 valence electrons. The van der Waals surface area contributed by atoms with Gasteiger partial charge in [-0.2, -0.15) is 0 Å². The van der Waals surface area contributed by atoms with E-state index in [1.807, 2.05) is 61.5 Å². The molecule has 2 aromatic rings. The second-order valence-electron chi connectivity index (χ2n) is 3.57. The minimum Gasteiger partial charge on any atom is -0.281 e. The largest absolute Gasteiger partial charge is 0.281 e. The molecule has 0 fully saturated rings. The number of thioether (sulfide) groups is 1. The number of hydrogen-bond donors (Lipinski definition) is 0. The van der Waals surface area contributed by atoms with E-state index >= 15 is 0 Å². The Morgan fingerprint density at radius 2 is 1.75 bits per heavy atom. The summed E-state index contributed by atoms with van der Waals surface area (Å²) in [5.41, 5.74) is 1.87. The molecular weight excluding hydrogens is 216 g/mol. The Kier molecular flexibility index (Phi) is 3.42. The van der Waals surface area contributed by atoms with E-state index in [2.05, 4.69) is 0 Å². The second kappa shape index (κ2) is 4.99. The van der Waals surface area contributed by atoms with Gasteiger partial charge in [0.25, 0.3) is 0 Å². The van der Waals surface area contributed by atoms with Gasteiger partial charge in [-0.05, 0) is 36.9 Å². The Morgan fingerprint density at radius 3 is 2.44 bits per heavy atom. The number of carbonyl (C=O) groups excluding carboxylic acids is 1. The highest BCUT2D eigenvalue weighted by molar-refractivity contribution is 8.14. The van der Waals surface area contributed by atoms with Crippen LogP contribution in [0.5, 0.6) is 0 Å². The Hall–Kier alpha value is -1.54. The third kappa shape index (κ3) is 2.74. The summed E-state index contributed by atoms with van der Waals surface area (Å²) in [5, 5.41) is 0.0925. The zero-order valence-corrected chi connectivity index (χ0v) is 9.83. The quantitative estimate of drug-likeness (QED) is 0.724. The predicted molar refractivity (Wildman–Crippen MR) is 67.8 cm³/mol. The molecule has 0 bridgehead atoms. The maximum absolute atomic E-state index is 11.9. The number of benzene rings is 2. The Balaban J connectivity index is 2.15. The number of rotatable bonds is 2. The van der Waals surface area contributed by atoms with Crippen molar-refractivity contribution < 1.29 is 4.79 Å². The molecule has 0 aliphatic rings. The van der Waals surface area contributed by atoms with Crippen LogP contribution < -0.4 is 0 Å². The maximum atomic E-state index is 11.9. The van der Waals surface area contributed by atoms with Crippen LogP contribution in [-0.4, -0.2) is 5.12 Å². The molecule has 1 nitrogen and oxygen atoms in total. The van der Waals surface area contributed by atoms with Gasteiger partial charge in [-0.3, -0.25) is 4.79 Å². The van der Waals surface area contributed by atoms with Crippen LogP contribution in [0.1, 0.15) is 15.9 Å². The first kappa shape index (κ1) is 11.0. The molecule has 0 N–H and O–H groups in total. The molecular formula is C14H12OS. The summed E-state index contributed by atoms with van der Waals surface area (Å²) >= 11 is 1.27. The maximum Gasteiger partial charge on any atom is 0.224 e. The Bertz CT molecular complexity index is 491. The summed E-state index contributed by atoms with van der Waals surface area (Å²) in [6.45, 7) is 1.99. The first-order valence-corrected chi connectivity index (χ1v) is 5.91. The van der Waals surface area contributed by atoms with E-state index in [4.69, 9.17) is 0 Å². The molecule has 0 spiro atoms. The predicted octanol–water partition coefficient (Wildman–Crippen LogP) is 3.93. The van der Waals surface area contributed by atoms with Crippen LogP contribution >= 0.6 is 11.8 Å². The normalized spacial score (nSPS) is 10.1. The van der Waals surface area contributed by atoms with Gasteiger partial charge in [-0.15, -0.1) is 0 Å². The van der Waals surface area contributed by atoms with Crippen molar-refractivity contribution in [2.45, 2.75) is 11.8 Å². The monoisotopic (exact) mass is 228 g/mol. The molecule has 16 heavy (non-hydrogen) atoms. The van der Waals surface area contributed by atoms with Crippen molar-refractivity contribution in [3.63, 3.8) is 0 Å². The van der Waals surface area contributed by atoms with Crippen molar-refractivity contribution in [1.29, 1.82) is 0 Å². The number of aryl methyl sites for hydroxylation is 1. The van der Waals surface area contributed by atoms with E-state index in [-0.39, 0.29) is 5.12 Å². The molecule has 0 atom stereocenters. The summed E-state index contributed by atoms with van der Waals surface area (Å²) in [7, 11) is 0. The minimum atomic E-state index is 0.0925. The lowest BCUT2D eigenvalue weighted by Gasteiger charge is -2.01. The van der Waals surface area contributed by atoms with Crippen LogP contribution in [0.15, 0.2) is 59.5 Å². The molecule has 0 saturated carbocycles. The van der Waals surface area contributed by atoms with Crippen molar-refractivity contribution in [3.8, 4) is 0 Å². The van der Waals surface area contributed by atoms with Crippen molar-refractivity contribution in [2.75, 3.05) is 0 Å². The average Bonchev–Trinajstić information content (AvgIpc) is 2.30. The molecule has 2 heteroatoms. The van der Waals surface area contributed by atoms with Crippen molar-refractivity contribution >= 4 is 16.9 Å². The molecule has 0 heterocycles. The van der Waals surface area contributed by atoms with Gasteiger partial charge in [0.2, 0.25) is 5.12 Å². The van der Waals surface area contributed by atoms with E-state index in [0.29, 0.717) is 0 Å². The van der Waals surface area contributed by atoms with Crippen molar-refractivity contribution in [1.82, 2.24) is 0 Å². The Labute approximate surface area is 99.5 Å². The smallest absolute Gasteiger partial charge is 0.224 e. The van der Waals surface area contributed by atoms with E-state index in [1.165, 1.54) is 11.8 Å². The molecule has 2 aromatic carbocycles. The summed E-state index contributed by atoms with van der Waals surface area (Å²) in [6.07, 6.45) is 0. The molecule has 0 aliphatic heterocycles. The zero-order chi connectivity index (χ0) is 11.4. The van der Waals surface area contributed by atoms with E-state index in [1.54, 1.807) is 0 Å². The third-order valence-corrected chi connectivity index (χ3v) is 3.14. The van der Waals surface area contributed by atoms with E-state index in [0.717, 1.165) is 16.0 Å². The fourth-order valence-electron chi connectivity index (χ4n) is 1.43. The van der Waals surface area contributed by atoms with Gasteiger partial charge in [0.15, 0.2) is 0 Å². The molecule has 0 aromatic heterocycles. The van der Waals surface area contributed by atoms with Gasteiger partial charge in [-0.25, -0.2) is 0 Å². The summed E-state index contributed by atoms with van der Waals surface area (Å²) in [6, 6.07) is 17.4. The van der Waals surface area contributed by atoms with Crippen molar-refractivity contribution in [2.24, 2.45) is 0 Å². The Morgan fingerprint density at radius 1 is 1.00 bits per heavy atom. The number of hydrogen-bond acceptors (Lipinski definition) is 2. The van der Waals surface area contributed by atoms with Gasteiger partial charge in [-0.1, -0.05) is 42.0 Å². The third-order valence-electron chi connectivity index (χ3n) is 2.21. The summed E-state index contributed by atoms with van der Waals surface area (Å²) in [5.74, 6) is 0. The lowest BCUT2D eigenvalue weighted by atomic mass is 10.2. The zero-order valence-electron chi connectivity index (χ0n) is 9.01. The standard InChI is InChI=1S/C14H12OS/c1-11-6-5-7-12(10-11)14(15)16-13-8-3-2-4-9-13/h2-10H,1H3. The fourth-order valence-corrected chi connectivity index (χ4v) is 2.18. The topological polar surface area (TPSA) is 17.1 Å².